The maximum absolute atomic E-state index is 4.18. The van der Waals surface area contributed by atoms with E-state index in [0.29, 0.717) is 5.92 Å². The van der Waals surface area contributed by atoms with Gasteiger partial charge >= 0.3 is 0 Å². The fourth-order valence-corrected chi connectivity index (χ4v) is 1.60. The molecule has 0 amide bonds. The van der Waals surface area contributed by atoms with Crippen LogP contribution in [-0.2, 0) is 6.54 Å². The summed E-state index contributed by atoms with van der Waals surface area (Å²) < 4.78 is 2.16. The summed E-state index contributed by atoms with van der Waals surface area (Å²) in [5, 5.41) is 3.38. The SMILES string of the molecule is CCNCC(=Cc1cncn1CC)C(C)C. The van der Waals surface area contributed by atoms with Gasteiger partial charge in [-0.2, -0.15) is 0 Å². The lowest BCUT2D eigenvalue weighted by Crippen LogP contribution is -2.18. The second-order valence-corrected chi connectivity index (χ2v) is 4.26. The number of hydrogen-bond donors (Lipinski definition) is 1. The van der Waals surface area contributed by atoms with E-state index in [0.717, 1.165) is 19.6 Å². The molecule has 0 atom stereocenters. The van der Waals surface area contributed by atoms with Crippen LogP contribution in [0, 0.1) is 5.92 Å². The molecule has 0 unspecified atom stereocenters. The van der Waals surface area contributed by atoms with Crippen molar-refractivity contribution in [3.63, 3.8) is 0 Å². The maximum Gasteiger partial charge on any atom is 0.0950 e. The Balaban J connectivity index is 2.84. The van der Waals surface area contributed by atoms with Gasteiger partial charge in [0.2, 0.25) is 0 Å². The van der Waals surface area contributed by atoms with Crippen molar-refractivity contribution >= 4 is 6.08 Å². The molecule has 3 nitrogen and oxygen atoms in total. The van der Waals surface area contributed by atoms with Crippen LogP contribution >= 0.6 is 0 Å². The van der Waals surface area contributed by atoms with E-state index in [4.69, 9.17) is 0 Å². The van der Waals surface area contributed by atoms with E-state index in [1.807, 2.05) is 12.5 Å². The third-order valence-corrected chi connectivity index (χ3v) is 2.74. The van der Waals surface area contributed by atoms with E-state index in [-0.39, 0.29) is 0 Å². The average Bonchev–Trinajstić information content (AvgIpc) is 2.70. The van der Waals surface area contributed by atoms with Crippen molar-refractivity contribution in [1.29, 1.82) is 0 Å². The Bertz CT molecular complexity index is 337. The summed E-state index contributed by atoms with van der Waals surface area (Å²) in [6.07, 6.45) is 6.07. The summed E-state index contributed by atoms with van der Waals surface area (Å²) in [4.78, 5) is 4.18. The van der Waals surface area contributed by atoms with Crippen molar-refractivity contribution in [2.24, 2.45) is 5.92 Å². The lowest BCUT2D eigenvalue weighted by Gasteiger charge is -2.12. The topological polar surface area (TPSA) is 29.9 Å². The minimum absolute atomic E-state index is 0.569. The molecule has 0 spiro atoms. The van der Waals surface area contributed by atoms with E-state index in [1.54, 1.807) is 0 Å². The molecule has 90 valence electrons. The van der Waals surface area contributed by atoms with Crippen LogP contribution in [0.5, 0.6) is 0 Å². The Hall–Kier alpha value is -1.09. The molecule has 0 aliphatic rings. The number of aromatic nitrogens is 2. The molecule has 0 bridgehead atoms. The molecule has 0 radical (unpaired) electrons. The van der Waals surface area contributed by atoms with Gasteiger partial charge in [-0.3, -0.25) is 0 Å². The highest BCUT2D eigenvalue weighted by Gasteiger charge is 2.05. The quantitative estimate of drug-likeness (QED) is 0.800. The molecule has 0 saturated carbocycles. The second kappa shape index (κ2) is 6.48. The van der Waals surface area contributed by atoms with Gasteiger partial charge in [0.25, 0.3) is 0 Å². The van der Waals surface area contributed by atoms with E-state index >= 15 is 0 Å². The molecule has 1 aromatic heterocycles. The van der Waals surface area contributed by atoms with Crippen molar-refractivity contribution in [2.75, 3.05) is 13.1 Å². The Kier molecular flexibility index (Phi) is 5.26. The molecule has 0 aliphatic carbocycles. The first kappa shape index (κ1) is 13.0. The van der Waals surface area contributed by atoms with E-state index in [9.17, 15) is 0 Å². The number of imidazole rings is 1. The summed E-state index contributed by atoms with van der Waals surface area (Å²) in [5.74, 6) is 0.569. The maximum atomic E-state index is 4.18. The van der Waals surface area contributed by atoms with Crippen molar-refractivity contribution < 1.29 is 0 Å². The highest BCUT2D eigenvalue weighted by Crippen LogP contribution is 2.13. The molecule has 16 heavy (non-hydrogen) atoms. The molecule has 1 aromatic rings. The number of nitrogens with zero attached hydrogens (tertiary/aromatic N) is 2. The van der Waals surface area contributed by atoms with Gasteiger partial charge in [0.1, 0.15) is 0 Å². The number of aryl methyl sites for hydroxylation is 1. The third kappa shape index (κ3) is 3.49. The van der Waals surface area contributed by atoms with Gasteiger partial charge < -0.3 is 9.88 Å². The zero-order valence-electron chi connectivity index (χ0n) is 10.8. The Morgan fingerprint density at radius 3 is 2.81 bits per heavy atom. The minimum Gasteiger partial charge on any atom is -0.331 e. The van der Waals surface area contributed by atoms with E-state index in [1.165, 1.54) is 11.3 Å². The van der Waals surface area contributed by atoms with Gasteiger partial charge in [-0.25, -0.2) is 4.98 Å². The molecule has 3 heteroatoms. The van der Waals surface area contributed by atoms with Crippen LogP contribution < -0.4 is 5.32 Å². The predicted octanol–water partition coefficient (Wildman–Crippen LogP) is 2.55. The van der Waals surface area contributed by atoms with Crippen molar-refractivity contribution in [3.8, 4) is 0 Å². The fraction of sp³-hybridized carbons (Fsp3) is 0.615. The number of rotatable bonds is 6. The van der Waals surface area contributed by atoms with E-state index in [2.05, 4.69) is 48.6 Å². The molecule has 0 saturated heterocycles. The molecule has 1 N–H and O–H groups in total. The van der Waals surface area contributed by atoms with Crippen LogP contribution in [0.4, 0.5) is 0 Å². The van der Waals surface area contributed by atoms with Crippen molar-refractivity contribution in [3.05, 3.63) is 23.8 Å². The average molecular weight is 221 g/mol. The Morgan fingerprint density at radius 1 is 1.50 bits per heavy atom. The number of nitrogens with one attached hydrogen (secondary N) is 1. The Labute approximate surface area is 98.6 Å². The van der Waals surface area contributed by atoms with Gasteiger partial charge in [-0.05, 0) is 25.5 Å². The Morgan fingerprint density at radius 2 is 2.25 bits per heavy atom. The molecular formula is C13H23N3. The molecule has 0 fully saturated rings. The molecule has 1 heterocycles. The molecule has 0 aliphatic heterocycles. The first-order valence-corrected chi connectivity index (χ1v) is 6.10. The summed E-state index contributed by atoms with van der Waals surface area (Å²) in [6.45, 7) is 11.7. The molecule has 0 aromatic carbocycles. The first-order chi connectivity index (χ1) is 7.69. The number of likely N-dealkylation sites (N-methyl/N-ethyl adjacent to an activating group) is 1. The smallest absolute Gasteiger partial charge is 0.0950 e. The van der Waals surface area contributed by atoms with Crippen LogP contribution in [0.1, 0.15) is 33.4 Å². The van der Waals surface area contributed by atoms with Crippen molar-refractivity contribution in [1.82, 2.24) is 14.9 Å². The largest absolute Gasteiger partial charge is 0.331 e. The standard InChI is InChI=1S/C13H23N3/c1-5-14-8-12(11(3)4)7-13-9-15-10-16(13)6-2/h7,9-11,14H,5-6,8H2,1-4H3. The summed E-state index contributed by atoms with van der Waals surface area (Å²) in [6, 6.07) is 0. The third-order valence-electron chi connectivity index (χ3n) is 2.74. The lowest BCUT2D eigenvalue weighted by molar-refractivity contribution is 0.680. The first-order valence-electron chi connectivity index (χ1n) is 6.10. The normalized spacial score (nSPS) is 12.4. The summed E-state index contributed by atoms with van der Waals surface area (Å²) >= 11 is 0. The van der Waals surface area contributed by atoms with Crippen LogP contribution in [-0.4, -0.2) is 22.6 Å². The highest BCUT2D eigenvalue weighted by atomic mass is 15.0. The summed E-state index contributed by atoms with van der Waals surface area (Å²) in [7, 11) is 0. The van der Waals surface area contributed by atoms with Crippen molar-refractivity contribution in [2.45, 2.75) is 34.2 Å². The zero-order valence-corrected chi connectivity index (χ0v) is 10.8. The zero-order chi connectivity index (χ0) is 12.0. The van der Waals surface area contributed by atoms with Gasteiger partial charge in [0.15, 0.2) is 0 Å². The van der Waals surface area contributed by atoms with Gasteiger partial charge in [0, 0.05) is 13.1 Å². The van der Waals surface area contributed by atoms with Crippen LogP contribution in [0.25, 0.3) is 6.08 Å². The van der Waals surface area contributed by atoms with Gasteiger partial charge in [-0.15, -0.1) is 0 Å². The van der Waals surface area contributed by atoms with Crippen LogP contribution in [0.3, 0.4) is 0 Å². The van der Waals surface area contributed by atoms with E-state index < -0.39 is 0 Å². The van der Waals surface area contributed by atoms with Gasteiger partial charge in [-0.1, -0.05) is 26.3 Å². The molecule has 1 rings (SSSR count). The predicted molar refractivity (Wildman–Crippen MR) is 69.3 cm³/mol. The second-order valence-electron chi connectivity index (χ2n) is 4.26. The minimum atomic E-state index is 0.569. The monoisotopic (exact) mass is 221 g/mol. The van der Waals surface area contributed by atoms with Crippen LogP contribution in [0.15, 0.2) is 18.1 Å². The fourth-order valence-electron chi connectivity index (χ4n) is 1.60. The lowest BCUT2D eigenvalue weighted by atomic mass is 10.0. The highest BCUT2D eigenvalue weighted by molar-refractivity contribution is 5.49. The van der Waals surface area contributed by atoms with Crippen LogP contribution in [0.2, 0.25) is 0 Å². The summed E-state index contributed by atoms with van der Waals surface area (Å²) in [5.41, 5.74) is 2.63. The molecular weight excluding hydrogens is 198 g/mol. The number of hydrogen-bond acceptors (Lipinski definition) is 2. The van der Waals surface area contributed by atoms with Gasteiger partial charge in [0.05, 0.1) is 18.2 Å².